The lowest BCUT2D eigenvalue weighted by atomic mass is 9.78. The molecule has 0 aliphatic heterocycles. The Morgan fingerprint density at radius 1 is 0.875 bits per heavy atom. The van der Waals surface area contributed by atoms with Crippen LogP contribution in [0.2, 0.25) is 0 Å². The van der Waals surface area contributed by atoms with E-state index in [2.05, 4.69) is 6.92 Å². The SMILES string of the molecule is CCCCCc1cc(F)c(C2CCc3cc(-c4ccc(C#N)c(F)c4)ccc3C2)c(F)c1. The number of rotatable bonds is 6. The van der Waals surface area contributed by atoms with Crippen LogP contribution in [0.1, 0.15) is 66.3 Å². The van der Waals surface area contributed by atoms with Crippen molar-refractivity contribution in [1.82, 2.24) is 0 Å². The minimum absolute atomic E-state index is 0.0231. The first-order valence-corrected chi connectivity index (χ1v) is 11.3. The molecule has 0 saturated heterocycles. The molecule has 1 unspecified atom stereocenters. The molecule has 0 amide bonds. The van der Waals surface area contributed by atoms with Gasteiger partial charge in [0, 0.05) is 5.56 Å². The molecule has 0 spiro atoms. The zero-order chi connectivity index (χ0) is 22.7. The largest absolute Gasteiger partial charge is 0.207 e. The second-order valence-corrected chi connectivity index (χ2v) is 8.66. The Hall–Kier alpha value is -3.06. The number of unbranched alkanes of at least 4 members (excludes halogenated alkanes) is 2. The Labute approximate surface area is 187 Å². The molecule has 0 N–H and O–H groups in total. The van der Waals surface area contributed by atoms with Crippen LogP contribution in [0.4, 0.5) is 13.2 Å². The van der Waals surface area contributed by atoms with E-state index in [9.17, 15) is 13.2 Å². The van der Waals surface area contributed by atoms with Gasteiger partial charge < -0.3 is 0 Å². The highest BCUT2D eigenvalue weighted by atomic mass is 19.1. The third-order valence-corrected chi connectivity index (χ3v) is 6.47. The van der Waals surface area contributed by atoms with Gasteiger partial charge in [-0.2, -0.15) is 5.26 Å². The van der Waals surface area contributed by atoms with Crippen molar-refractivity contribution in [1.29, 1.82) is 5.26 Å². The first-order valence-electron chi connectivity index (χ1n) is 11.3. The van der Waals surface area contributed by atoms with E-state index in [0.717, 1.165) is 41.5 Å². The van der Waals surface area contributed by atoms with Gasteiger partial charge in [0.25, 0.3) is 0 Å². The van der Waals surface area contributed by atoms with Crippen LogP contribution >= 0.6 is 0 Å². The summed E-state index contributed by atoms with van der Waals surface area (Å²) in [6.45, 7) is 2.11. The van der Waals surface area contributed by atoms with E-state index in [0.29, 0.717) is 31.2 Å². The van der Waals surface area contributed by atoms with Crippen molar-refractivity contribution in [3.63, 3.8) is 0 Å². The summed E-state index contributed by atoms with van der Waals surface area (Å²) >= 11 is 0. The van der Waals surface area contributed by atoms with E-state index >= 15 is 0 Å². The Kier molecular flexibility index (Phi) is 6.65. The van der Waals surface area contributed by atoms with Crippen LogP contribution in [0.3, 0.4) is 0 Å². The Bertz CT molecular complexity index is 1150. The van der Waals surface area contributed by atoms with Crippen LogP contribution in [0.15, 0.2) is 48.5 Å². The quantitative estimate of drug-likeness (QED) is 0.366. The van der Waals surface area contributed by atoms with Gasteiger partial charge in [-0.25, -0.2) is 13.2 Å². The zero-order valence-electron chi connectivity index (χ0n) is 18.2. The van der Waals surface area contributed by atoms with Crippen LogP contribution in [-0.2, 0) is 19.3 Å². The summed E-state index contributed by atoms with van der Waals surface area (Å²) in [6.07, 6.45) is 5.74. The molecule has 164 valence electrons. The third kappa shape index (κ3) is 4.58. The van der Waals surface area contributed by atoms with Gasteiger partial charge in [0.1, 0.15) is 23.5 Å². The third-order valence-electron chi connectivity index (χ3n) is 6.47. The lowest BCUT2D eigenvalue weighted by Crippen LogP contribution is -2.16. The predicted molar refractivity (Wildman–Crippen MR) is 121 cm³/mol. The van der Waals surface area contributed by atoms with E-state index in [1.807, 2.05) is 24.3 Å². The lowest BCUT2D eigenvalue weighted by Gasteiger charge is -2.26. The van der Waals surface area contributed by atoms with Gasteiger partial charge >= 0.3 is 0 Å². The van der Waals surface area contributed by atoms with Crippen LogP contribution in [0.5, 0.6) is 0 Å². The van der Waals surface area contributed by atoms with E-state index in [1.54, 1.807) is 6.07 Å². The van der Waals surface area contributed by atoms with Gasteiger partial charge in [-0.15, -0.1) is 0 Å². The Morgan fingerprint density at radius 2 is 1.59 bits per heavy atom. The molecule has 32 heavy (non-hydrogen) atoms. The highest BCUT2D eigenvalue weighted by molar-refractivity contribution is 5.66. The molecule has 0 heterocycles. The maximum absolute atomic E-state index is 14.9. The minimum atomic E-state index is -0.535. The molecule has 3 aromatic carbocycles. The lowest BCUT2D eigenvalue weighted by molar-refractivity contribution is 0.489. The molecule has 0 aromatic heterocycles. The van der Waals surface area contributed by atoms with Crippen molar-refractivity contribution in [2.45, 2.75) is 57.8 Å². The Balaban J connectivity index is 1.55. The maximum Gasteiger partial charge on any atom is 0.141 e. The van der Waals surface area contributed by atoms with Gasteiger partial charge in [0.2, 0.25) is 0 Å². The molecule has 1 aliphatic carbocycles. The normalized spacial score (nSPS) is 15.3. The average Bonchev–Trinajstić information content (AvgIpc) is 2.78. The van der Waals surface area contributed by atoms with E-state index < -0.39 is 17.5 Å². The smallest absolute Gasteiger partial charge is 0.141 e. The highest BCUT2D eigenvalue weighted by Crippen LogP contribution is 2.37. The summed E-state index contributed by atoms with van der Waals surface area (Å²) in [5.74, 6) is -1.60. The summed E-state index contributed by atoms with van der Waals surface area (Å²) in [6, 6.07) is 15.3. The summed E-state index contributed by atoms with van der Waals surface area (Å²) in [4.78, 5) is 0. The van der Waals surface area contributed by atoms with E-state index in [1.165, 1.54) is 24.3 Å². The molecular weight excluding hydrogens is 407 g/mol. The van der Waals surface area contributed by atoms with Crippen LogP contribution < -0.4 is 0 Å². The van der Waals surface area contributed by atoms with Gasteiger partial charge in [-0.1, -0.05) is 44.0 Å². The number of nitrogens with zero attached hydrogens (tertiary/aromatic N) is 1. The fourth-order valence-corrected chi connectivity index (χ4v) is 4.72. The maximum atomic E-state index is 14.9. The molecule has 0 saturated carbocycles. The van der Waals surface area contributed by atoms with Crippen molar-refractivity contribution < 1.29 is 13.2 Å². The van der Waals surface area contributed by atoms with Crippen molar-refractivity contribution in [2.24, 2.45) is 0 Å². The molecule has 0 radical (unpaired) electrons. The number of hydrogen-bond acceptors (Lipinski definition) is 1. The second-order valence-electron chi connectivity index (χ2n) is 8.66. The topological polar surface area (TPSA) is 23.8 Å². The number of hydrogen-bond donors (Lipinski definition) is 0. The van der Waals surface area contributed by atoms with Crippen molar-refractivity contribution in [2.75, 3.05) is 0 Å². The number of halogens is 3. The van der Waals surface area contributed by atoms with Crippen LogP contribution in [0, 0.1) is 28.8 Å². The highest BCUT2D eigenvalue weighted by Gasteiger charge is 2.26. The van der Waals surface area contributed by atoms with E-state index in [-0.39, 0.29) is 17.0 Å². The fourth-order valence-electron chi connectivity index (χ4n) is 4.72. The second kappa shape index (κ2) is 9.61. The number of benzene rings is 3. The predicted octanol–water partition coefficient (Wildman–Crippen LogP) is 7.65. The van der Waals surface area contributed by atoms with Gasteiger partial charge in [-0.3, -0.25) is 0 Å². The average molecular weight is 434 g/mol. The minimum Gasteiger partial charge on any atom is -0.207 e. The molecule has 1 nitrogen and oxygen atoms in total. The van der Waals surface area contributed by atoms with Crippen LogP contribution in [0.25, 0.3) is 11.1 Å². The summed E-state index contributed by atoms with van der Waals surface area (Å²) < 4.78 is 43.7. The summed E-state index contributed by atoms with van der Waals surface area (Å²) in [7, 11) is 0. The summed E-state index contributed by atoms with van der Waals surface area (Å²) in [5.41, 5.74) is 4.74. The fraction of sp³-hybridized carbons (Fsp3) is 0.321. The van der Waals surface area contributed by atoms with Gasteiger partial charge in [0.05, 0.1) is 5.56 Å². The van der Waals surface area contributed by atoms with E-state index in [4.69, 9.17) is 5.26 Å². The molecule has 0 fully saturated rings. The Morgan fingerprint density at radius 3 is 2.28 bits per heavy atom. The molecule has 1 aliphatic rings. The first-order chi connectivity index (χ1) is 15.5. The molecule has 4 rings (SSSR count). The number of nitriles is 1. The standard InChI is InChI=1S/C28H26F3N/c1-2-3-4-5-18-12-26(30)28(27(31)13-18)23-10-8-19-14-20(6-7-21(19)15-23)22-9-11-24(17-32)25(29)16-22/h6-7,9,11-14,16,23H,2-5,8,10,15H2,1H3. The van der Waals surface area contributed by atoms with Gasteiger partial charge in [0.15, 0.2) is 0 Å². The monoisotopic (exact) mass is 433 g/mol. The zero-order valence-corrected chi connectivity index (χ0v) is 18.2. The van der Waals surface area contributed by atoms with Gasteiger partial charge in [-0.05, 0) is 90.1 Å². The number of fused-ring (bicyclic) bond motifs is 1. The first kappa shape index (κ1) is 22.1. The molecule has 1 atom stereocenters. The molecule has 3 aromatic rings. The summed E-state index contributed by atoms with van der Waals surface area (Å²) in [5, 5.41) is 8.92. The number of aryl methyl sites for hydroxylation is 2. The molecular formula is C28H26F3N. The van der Waals surface area contributed by atoms with Crippen molar-refractivity contribution in [3.8, 4) is 17.2 Å². The van der Waals surface area contributed by atoms with Crippen LogP contribution in [-0.4, -0.2) is 0 Å². The molecule has 4 heteroatoms. The molecule has 0 bridgehead atoms. The van der Waals surface area contributed by atoms with Crippen molar-refractivity contribution >= 4 is 0 Å². The van der Waals surface area contributed by atoms with Crippen molar-refractivity contribution in [3.05, 3.63) is 93.8 Å².